The number of nitrogens with one attached hydrogen (secondary N) is 2. The van der Waals surface area contributed by atoms with Crippen molar-refractivity contribution in [3.63, 3.8) is 0 Å². The lowest BCUT2D eigenvalue weighted by Gasteiger charge is -2.14. The molecule has 2 aromatic rings. The largest absolute Gasteiger partial charge is 0.433 e. The van der Waals surface area contributed by atoms with E-state index in [1.807, 2.05) is 0 Å². The Morgan fingerprint density at radius 1 is 1.40 bits per heavy atom. The number of halogens is 4. The van der Waals surface area contributed by atoms with Crippen LogP contribution in [0.3, 0.4) is 0 Å². The molecule has 1 atom stereocenters. The number of anilines is 1. The zero-order valence-corrected chi connectivity index (χ0v) is 14.6. The molecule has 1 aromatic carbocycles. The topological polar surface area (TPSA) is 74.8 Å². The van der Waals surface area contributed by atoms with Crippen molar-refractivity contribution >= 4 is 35.0 Å². The Bertz CT molecular complexity index is 855. The van der Waals surface area contributed by atoms with Gasteiger partial charge in [-0.15, -0.1) is 0 Å². The van der Waals surface area contributed by atoms with Crippen LogP contribution in [0.1, 0.15) is 18.2 Å². The van der Waals surface area contributed by atoms with Crippen LogP contribution in [0, 0.1) is 6.92 Å². The summed E-state index contributed by atoms with van der Waals surface area (Å²) in [4.78, 5) is 29.1. The van der Waals surface area contributed by atoms with Gasteiger partial charge in [0.25, 0.3) is 5.56 Å². The van der Waals surface area contributed by atoms with Gasteiger partial charge in [0.2, 0.25) is 5.91 Å². The van der Waals surface area contributed by atoms with E-state index in [-0.39, 0.29) is 5.16 Å². The molecule has 0 saturated heterocycles. The molecule has 0 aliphatic heterocycles. The first-order valence-corrected chi connectivity index (χ1v) is 8.25. The molecule has 0 saturated carbocycles. The van der Waals surface area contributed by atoms with Gasteiger partial charge in [-0.2, -0.15) is 13.2 Å². The Kier molecular flexibility index (Phi) is 5.79. The van der Waals surface area contributed by atoms with E-state index in [0.29, 0.717) is 34.1 Å². The van der Waals surface area contributed by atoms with Gasteiger partial charge in [-0.25, -0.2) is 4.98 Å². The summed E-state index contributed by atoms with van der Waals surface area (Å²) < 4.78 is 38.1. The van der Waals surface area contributed by atoms with Crippen molar-refractivity contribution < 1.29 is 18.0 Å². The fraction of sp³-hybridized carbons (Fsp3) is 0.267. The summed E-state index contributed by atoms with van der Waals surface area (Å²) in [5.41, 5.74) is -1.09. The predicted octanol–water partition coefficient (Wildman–Crippen LogP) is 3.87. The fourth-order valence-electron chi connectivity index (χ4n) is 1.83. The quantitative estimate of drug-likeness (QED) is 0.613. The number of aromatic nitrogens is 2. The van der Waals surface area contributed by atoms with Crippen LogP contribution < -0.4 is 10.9 Å². The highest BCUT2D eigenvalue weighted by atomic mass is 35.5. The van der Waals surface area contributed by atoms with Gasteiger partial charge in [0.1, 0.15) is 0 Å². The zero-order chi connectivity index (χ0) is 18.8. The van der Waals surface area contributed by atoms with Crippen LogP contribution in [0.15, 0.2) is 34.2 Å². The van der Waals surface area contributed by atoms with E-state index in [1.54, 1.807) is 25.1 Å². The number of hydrogen-bond acceptors (Lipinski definition) is 4. The second-order valence-corrected chi connectivity index (χ2v) is 6.83. The first-order chi connectivity index (χ1) is 11.6. The Labute approximate surface area is 150 Å². The molecule has 0 bridgehead atoms. The van der Waals surface area contributed by atoms with Crippen LogP contribution in [-0.2, 0) is 11.0 Å². The van der Waals surface area contributed by atoms with Crippen LogP contribution in [0.5, 0.6) is 0 Å². The molecular weight excluding hydrogens is 379 g/mol. The minimum Gasteiger partial charge on any atom is -0.325 e. The molecule has 10 heteroatoms. The molecule has 0 radical (unpaired) electrons. The van der Waals surface area contributed by atoms with E-state index in [9.17, 15) is 22.8 Å². The second-order valence-electron chi connectivity index (χ2n) is 5.10. The average molecular weight is 392 g/mol. The Balaban J connectivity index is 2.15. The molecule has 0 spiro atoms. The standard InChI is InChI=1S/C15H13ClF3N3O2S/c1-7-9(16)4-3-5-10(7)20-13(24)8(2)25-14-21-11(15(17,18)19)6-12(23)22-14/h3-6,8H,1-2H3,(H,20,24)(H,21,22,23). The number of aromatic amines is 1. The molecule has 1 amide bonds. The third-order valence-corrected chi connectivity index (χ3v) is 4.59. The van der Waals surface area contributed by atoms with Crippen molar-refractivity contribution in [3.05, 3.63) is 50.9 Å². The summed E-state index contributed by atoms with van der Waals surface area (Å²) in [6, 6.07) is 5.35. The van der Waals surface area contributed by atoms with E-state index in [1.165, 1.54) is 6.92 Å². The maximum absolute atomic E-state index is 12.7. The van der Waals surface area contributed by atoms with Crippen molar-refractivity contribution in [1.29, 1.82) is 0 Å². The van der Waals surface area contributed by atoms with Crippen molar-refractivity contribution in [2.75, 3.05) is 5.32 Å². The van der Waals surface area contributed by atoms with Crippen LogP contribution in [-0.4, -0.2) is 21.1 Å². The van der Waals surface area contributed by atoms with Gasteiger partial charge < -0.3 is 10.3 Å². The number of benzene rings is 1. The number of amides is 1. The molecule has 134 valence electrons. The van der Waals surface area contributed by atoms with E-state index in [2.05, 4.69) is 15.3 Å². The highest BCUT2D eigenvalue weighted by molar-refractivity contribution is 8.00. The monoisotopic (exact) mass is 391 g/mol. The lowest BCUT2D eigenvalue weighted by Crippen LogP contribution is -2.24. The van der Waals surface area contributed by atoms with E-state index < -0.39 is 28.6 Å². The van der Waals surface area contributed by atoms with Crippen LogP contribution in [0.2, 0.25) is 5.02 Å². The number of nitrogens with zero attached hydrogens (tertiary/aromatic N) is 1. The molecule has 5 nitrogen and oxygen atoms in total. The normalized spacial score (nSPS) is 12.7. The smallest absolute Gasteiger partial charge is 0.325 e. The lowest BCUT2D eigenvalue weighted by molar-refractivity contribution is -0.141. The summed E-state index contributed by atoms with van der Waals surface area (Å²) in [6.45, 7) is 3.21. The van der Waals surface area contributed by atoms with Crippen LogP contribution in [0.25, 0.3) is 0 Å². The Morgan fingerprint density at radius 3 is 2.72 bits per heavy atom. The van der Waals surface area contributed by atoms with Gasteiger partial charge in [0.05, 0.1) is 5.25 Å². The minimum absolute atomic E-state index is 0.287. The van der Waals surface area contributed by atoms with Crippen LogP contribution >= 0.6 is 23.4 Å². The highest BCUT2D eigenvalue weighted by Gasteiger charge is 2.33. The SMILES string of the molecule is Cc1c(Cl)cccc1NC(=O)C(C)Sc1nc(C(F)(F)F)cc(=O)[nH]1. The van der Waals surface area contributed by atoms with Gasteiger partial charge >= 0.3 is 6.18 Å². The number of alkyl halides is 3. The maximum atomic E-state index is 12.7. The van der Waals surface area contributed by atoms with Crippen molar-refractivity contribution in [1.82, 2.24) is 9.97 Å². The second kappa shape index (κ2) is 7.49. The van der Waals surface area contributed by atoms with E-state index >= 15 is 0 Å². The van der Waals surface area contributed by atoms with Crippen LogP contribution in [0.4, 0.5) is 18.9 Å². The predicted molar refractivity (Wildman–Crippen MR) is 90.0 cm³/mol. The highest BCUT2D eigenvalue weighted by Crippen LogP contribution is 2.29. The van der Waals surface area contributed by atoms with E-state index in [4.69, 9.17) is 11.6 Å². The van der Waals surface area contributed by atoms with Gasteiger partial charge in [0.15, 0.2) is 10.9 Å². The van der Waals surface area contributed by atoms with Gasteiger partial charge in [-0.05, 0) is 31.5 Å². The number of carbonyl (C=O) groups is 1. The summed E-state index contributed by atoms with van der Waals surface area (Å²) in [7, 11) is 0. The summed E-state index contributed by atoms with van der Waals surface area (Å²) in [6.07, 6.45) is -4.74. The average Bonchev–Trinajstić information content (AvgIpc) is 2.50. The third kappa shape index (κ3) is 4.99. The molecule has 1 heterocycles. The fourth-order valence-corrected chi connectivity index (χ4v) is 2.82. The molecule has 0 aliphatic carbocycles. The van der Waals surface area contributed by atoms with Crippen molar-refractivity contribution in [2.45, 2.75) is 30.4 Å². The zero-order valence-electron chi connectivity index (χ0n) is 13.1. The number of hydrogen-bond donors (Lipinski definition) is 2. The number of thioether (sulfide) groups is 1. The van der Waals surface area contributed by atoms with E-state index in [0.717, 1.165) is 0 Å². The van der Waals surface area contributed by atoms with Gasteiger partial charge in [0, 0.05) is 16.8 Å². The molecule has 25 heavy (non-hydrogen) atoms. The summed E-state index contributed by atoms with van der Waals surface area (Å²) >= 11 is 6.69. The van der Waals surface area contributed by atoms with Gasteiger partial charge in [-0.1, -0.05) is 29.4 Å². The molecular formula is C15H13ClF3N3O2S. The minimum atomic E-state index is -4.74. The Morgan fingerprint density at radius 2 is 2.08 bits per heavy atom. The lowest BCUT2D eigenvalue weighted by atomic mass is 10.2. The molecule has 1 unspecified atom stereocenters. The molecule has 0 fully saturated rings. The number of carbonyl (C=O) groups excluding carboxylic acids is 1. The first-order valence-electron chi connectivity index (χ1n) is 6.99. The third-order valence-electron chi connectivity index (χ3n) is 3.19. The first kappa shape index (κ1) is 19.3. The molecule has 2 rings (SSSR count). The Hall–Kier alpha value is -2.00. The van der Waals surface area contributed by atoms with Crippen molar-refractivity contribution in [3.8, 4) is 0 Å². The van der Waals surface area contributed by atoms with Crippen molar-refractivity contribution in [2.24, 2.45) is 0 Å². The molecule has 0 aliphatic rings. The number of rotatable bonds is 4. The summed E-state index contributed by atoms with van der Waals surface area (Å²) in [5.74, 6) is -0.463. The van der Waals surface area contributed by atoms with Gasteiger partial charge in [-0.3, -0.25) is 9.59 Å². The molecule has 1 aromatic heterocycles. The molecule has 2 N–H and O–H groups in total. The maximum Gasteiger partial charge on any atom is 0.433 e. The summed E-state index contributed by atoms with van der Waals surface area (Å²) in [5, 5.41) is 2.03. The number of H-pyrrole nitrogens is 1.